The minimum Gasteiger partial charge on any atom is -0.481 e. The van der Waals surface area contributed by atoms with Gasteiger partial charge in [-0.2, -0.15) is 5.10 Å². The lowest BCUT2D eigenvalue weighted by molar-refractivity contribution is -0.133. The number of carboxylic acid groups (broad SMARTS) is 1. The Balaban J connectivity index is 2.19. The van der Waals surface area contributed by atoms with E-state index in [1.165, 1.54) is 11.8 Å². The third-order valence-electron chi connectivity index (χ3n) is 1.01. The molecule has 0 saturated carbocycles. The van der Waals surface area contributed by atoms with Crippen molar-refractivity contribution in [3.05, 3.63) is 18.5 Å². The summed E-state index contributed by atoms with van der Waals surface area (Å²) in [5.74, 6) is -0.0683. The fourth-order valence-electron chi connectivity index (χ4n) is 0.603. The van der Waals surface area contributed by atoms with E-state index in [1.54, 1.807) is 23.1 Å². The summed E-state index contributed by atoms with van der Waals surface area (Å²) in [7, 11) is 0. The highest BCUT2D eigenvalue weighted by Gasteiger charge is 1.96. The zero-order valence-electron chi connectivity index (χ0n) is 5.80. The molecule has 11 heavy (non-hydrogen) atoms. The van der Waals surface area contributed by atoms with E-state index in [0.29, 0.717) is 5.88 Å². The van der Waals surface area contributed by atoms with Crippen molar-refractivity contribution < 1.29 is 9.90 Å². The number of rotatable bonds is 4. The Bertz CT molecular complexity index is 222. The monoisotopic (exact) mass is 172 g/mol. The van der Waals surface area contributed by atoms with Crippen LogP contribution in [0, 0.1) is 0 Å². The predicted molar refractivity (Wildman–Crippen MR) is 42.3 cm³/mol. The maximum atomic E-state index is 10.1. The van der Waals surface area contributed by atoms with Crippen LogP contribution in [0.2, 0.25) is 0 Å². The van der Waals surface area contributed by atoms with E-state index in [1.807, 2.05) is 0 Å². The Morgan fingerprint density at radius 1 is 1.73 bits per heavy atom. The molecule has 0 spiro atoms. The van der Waals surface area contributed by atoms with Crippen molar-refractivity contribution in [1.82, 2.24) is 9.78 Å². The first-order chi connectivity index (χ1) is 5.29. The van der Waals surface area contributed by atoms with Crippen LogP contribution < -0.4 is 0 Å². The van der Waals surface area contributed by atoms with E-state index < -0.39 is 5.97 Å². The second-order valence-corrected chi connectivity index (χ2v) is 2.87. The van der Waals surface area contributed by atoms with Crippen LogP contribution >= 0.6 is 11.8 Å². The molecule has 1 rings (SSSR count). The van der Waals surface area contributed by atoms with Crippen LogP contribution in [-0.4, -0.2) is 26.6 Å². The normalized spacial score (nSPS) is 9.82. The summed E-state index contributed by atoms with van der Waals surface area (Å²) < 4.78 is 1.69. The van der Waals surface area contributed by atoms with E-state index in [9.17, 15) is 4.79 Å². The van der Waals surface area contributed by atoms with Crippen LogP contribution in [-0.2, 0) is 10.7 Å². The molecule has 5 heteroatoms. The number of aromatic nitrogens is 2. The molecule has 1 heterocycles. The molecule has 0 saturated heterocycles. The van der Waals surface area contributed by atoms with E-state index in [-0.39, 0.29) is 5.75 Å². The van der Waals surface area contributed by atoms with Crippen molar-refractivity contribution >= 4 is 17.7 Å². The van der Waals surface area contributed by atoms with Crippen molar-refractivity contribution in [3.63, 3.8) is 0 Å². The summed E-state index contributed by atoms with van der Waals surface area (Å²) >= 11 is 1.32. The third kappa shape index (κ3) is 3.08. The van der Waals surface area contributed by atoms with Gasteiger partial charge in [-0.15, -0.1) is 11.8 Å². The van der Waals surface area contributed by atoms with Crippen LogP contribution in [0.5, 0.6) is 0 Å². The van der Waals surface area contributed by atoms with Gasteiger partial charge in [-0.1, -0.05) is 0 Å². The summed E-state index contributed by atoms with van der Waals surface area (Å²) in [6, 6.07) is 1.81. The maximum absolute atomic E-state index is 10.1. The van der Waals surface area contributed by atoms with Crippen LogP contribution in [0.1, 0.15) is 0 Å². The molecule has 1 aromatic rings. The Morgan fingerprint density at radius 3 is 3.09 bits per heavy atom. The predicted octanol–water partition coefficient (Wildman–Crippen LogP) is 0.658. The zero-order valence-corrected chi connectivity index (χ0v) is 6.62. The molecular formula is C6H8N2O2S. The second kappa shape index (κ2) is 4.02. The Kier molecular flexibility index (Phi) is 2.97. The highest BCUT2D eigenvalue weighted by molar-refractivity contribution is 7.98. The minimum absolute atomic E-state index is 0.125. The molecule has 0 radical (unpaired) electrons. The minimum atomic E-state index is -0.790. The Hall–Kier alpha value is -0.970. The first-order valence-corrected chi connectivity index (χ1v) is 4.21. The average Bonchev–Trinajstić information content (AvgIpc) is 2.39. The van der Waals surface area contributed by atoms with Gasteiger partial charge in [0.15, 0.2) is 0 Å². The summed E-state index contributed by atoms with van der Waals surface area (Å²) in [5.41, 5.74) is 0. The lowest BCUT2D eigenvalue weighted by Crippen LogP contribution is -2.01. The van der Waals surface area contributed by atoms with Crippen LogP contribution in [0.25, 0.3) is 0 Å². The Morgan fingerprint density at radius 2 is 2.55 bits per heavy atom. The molecule has 0 aliphatic rings. The largest absolute Gasteiger partial charge is 0.481 e. The van der Waals surface area contributed by atoms with E-state index in [4.69, 9.17) is 5.11 Å². The van der Waals surface area contributed by atoms with E-state index >= 15 is 0 Å². The highest BCUT2D eigenvalue weighted by atomic mass is 32.2. The van der Waals surface area contributed by atoms with Gasteiger partial charge in [0.2, 0.25) is 0 Å². The topological polar surface area (TPSA) is 55.1 Å². The number of nitrogens with zero attached hydrogens (tertiary/aromatic N) is 2. The summed E-state index contributed by atoms with van der Waals surface area (Å²) in [5, 5.41) is 12.2. The molecule has 0 aromatic carbocycles. The van der Waals surface area contributed by atoms with Crippen molar-refractivity contribution in [2.75, 3.05) is 5.75 Å². The molecule has 0 fully saturated rings. The van der Waals surface area contributed by atoms with E-state index in [2.05, 4.69) is 5.10 Å². The molecule has 0 aliphatic carbocycles. The van der Waals surface area contributed by atoms with Gasteiger partial charge < -0.3 is 5.11 Å². The summed E-state index contributed by atoms with van der Waals surface area (Å²) in [6.45, 7) is 0. The van der Waals surface area contributed by atoms with Crippen LogP contribution in [0.4, 0.5) is 0 Å². The van der Waals surface area contributed by atoms with Crippen LogP contribution in [0.15, 0.2) is 18.5 Å². The van der Waals surface area contributed by atoms with Gasteiger partial charge in [-0.05, 0) is 6.07 Å². The first-order valence-electron chi connectivity index (χ1n) is 3.06. The molecular weight excluding hydrogens is 164 g/mol. The van der Waals surface area contributed by atoms with Gasteiger partial charge in [-0.3, -0.25) is 9.48 Å². The van der Waals surface area contributed by atoms with Crippen LogP contribution in [0.3, 0.4) is 0 Å². The first kappa shape index (κ1) is 8.13. The zero-order chi connectivity index (χ0) is 8.10. The number of hydrogen-bond acceptors (Lipinski definition) is 3. The molecule has 0 aliphatic heterocycles. The number of carbonyl (C=O) groups is 1. The molecule has 1 aromatic heterocycles. The van der Waals surface area contributed by atoms with Gasteiger partial charge >= 0.3 is 5.97 Å². The van der Waals surface area contributed by atoms with Crippen molar-refractivity contribution in [2.24, 2.45) is 0 Å². The Labute approximate surface area is 68.2 Å². The fourth-order valence-corrected chi connectivity index (χ4v) is 1.21. The standard InChI is InChI=1S/C6H8N2O2S/c9-6(10)4-11-5-8-3-1-2-7-8/h1-3H,4-5H2,(H,9,10). The molecule has 0 unspecified atom stereocenters. The van der Waals surface area contributed by atoms with Crippen molar-refractivity contribution in [2.45, 2.75) is 5.88 Å². The quantitative estimate of drug-likeness (QED) is 0.724. The SMILES string of the molecule is O=C(O)CSCn1cccn1. The lowest BCUT2D eigenvalue weighted by atomic mass is 10.8. The molecule has 60 valence electrons. The lowest BCUT2D eigenvalue weighted by Gasteiger charge is -1.97. The van der Waals surface area contributed by atoms with Crippen molar-refractivity contribution in [1.29, 1.82) is 0 Å². The maximum Gasteiger partial charge on any atom is 0.313 e. The van der Waals surface area contributed by atoms with E-state index in [0.717, 1.165) is 0 Å². The second-order valence-electron chi connectivity index (χ2n) is 1.92. The summed E-state index contributed by atoms with van der Waals surface area (Å²) in [4.78, 5) is 10.1. The highest BCUT2D eigenvalue weighted by Crippen LogP contribution is 2.02. The van der Waals surface area contributed by atoms with Crippen molar-refractivity contribution in [3.8, 4) is 0 Å². The molecule has 4 nitrogen and oxygen atoms in total. The number of carboxylic acids is 1. The van der Waals surface area contributed by atoms with Gasteiger partial charge in [-0.25, -0.2) is 0 Å². The van der Waals surface area contributed by atoms with Gasteiger partial charge in [0, 0.05) is 12.4 Å². The molecule has 0 amide bonds. The van der Waals surface area contributed by atoms with Gasteiger partial charge in [0.05, 0.1) is 11.6 Å². The fraction of sp³-hybridized carbons (Fsp3) is 0.333. The third-order valence-corrected chi connectivity index (χ3v) is 1.91. The number of hydrogen-bond donors (Lipinski definition) is 1. The number of thioether (sulfide) groups is 1. The van der Waals surface area contributed by atoms with Gasteiger partial charge in [0.25, 0.3) is 0 Å². The molecule has 0 bridgehead atoms. The summed E-state index contributed by atoms with van der Waals surface area (Å²) in [6.07, 6.45) is 3.47. The van der Waals surface area contributed by atoms with Gasteiger partial charge in [0.1, 0.15) is 0 Å². The molecule has 0 atom stereocenters. The number of aliphatic carboxylic acids is 1. The smallest absolute Gasteiger partial charge is 0.313 e. The average molecular weight is 172 g/mol. The molecule has 1 N–H and O–H groups in total.